The van der Waals surface area contributed by atoms with Gasteiger partial charge in [0.05, 0.1) is 88.3 Å². The number of ether oxygens (including phenoxy) is 5. The van der Waals surface area contributed by atoms with Gasteiger partial charge in [-0.1, -0.05) is 60.7 Å². The molecule has 1 unspecified atom stereocenters. The van der Waals surface area contributed by atoms with Crippen LogP contribution in [0.3, 0.4) is 0 Å². The average molecular weight is 912 g/mol. The van der Waals surface area contributed by atoms with Gasteiger partial charge in [-0.05, 0) is 131 Å². The summed E-state index contributed by atoms with van der Waals surface area (Å²) in [7, 11) is 2.10. The number of hydrogen-bond donors (Lipinski definition) is 0. The highest BCUT2D eigenvalue weighted by Crippen LogP contribution is 2.46. The molecule has 0 saturated carbocycles. The fourth-order valence-corrected chi connectivity index (χ4v) is 9.13. The Hall–Kier alpha value is -5.93. The van der Waals surface area contributed by atoms with Crippen molar-refractivity contribution in [3.05, 3.63) is 150 Å². The lowest BCUT2D eigenvalue weighted by atomic mass is 9.80. The molecule has 0 bridgehead atoms. The molecule has 0 amide bonds. The van der Waals surface area contributed by atoms with Crippen LogP contribution < -0.4 is 18.9 Å². The topological polar surface area (TPSA) is 130 Å². The van der Waals surface area contributed by atoms with E-state index in [4.69, 9.17) is 43.0 Å². The summed E-state index contributed by atoms with van der Waals surface area (Å²) in [5.41, 5.74) is 5.11. The van der Waals surface area contributed by atoms with Crippen LogP contribution in [0.1, 0.15) is 76.5 Å². The largest absolute Gasteiger partial charge is 0.497 e. The normalized spacial score (nSPS) is 12.0. The summed E-state index contributed by atoms with van der Waals surface area (Å²) in [5, 5.41) is 8.95. The Balaban J connectivity index is 0.977. The summed E-state index contributed by atoms with van der Waals surface area (Å²) in [6.45, 7) is 11.0. The molecule has 0 aliphatic heterocycles. The van der Waals surface area contributed by atoms with Crippen molar-refractivity contribution in [3.63, 3.8) is 0 Å². The maximum atomic E-state index is 8.95. The van der Waals surface area contributed by atoms with Crippen molar-refractivity contribution in [3.8, 4) is 51.8 Å². The highest BCUT2D eigenvalue weighted by molar-refractivity contribution is 7.44. The van der Waals surface area contributed by atoms with Crippen molar-refractivity contribution in [2.45, 2.75) is 77.5 Å². The third-order valence-corrected chi connectivity index (χ3v) is 12.8. The van der Waals surface area contributed by atoms with Gasteiger partial charge in [-0.15, -0.1) is 0 Å². The van der Waals surface area contributed by atoms with Crippen molar-refractivity contribution in [2.75, 3.05) is 47.3 Å². The van der Waals surface area contributed by atoms with Gasteiger partial charge in [-0.25, -0.2) is 9.65 Å². The lowest BCUT2D eigenvalue weighted by molar-refractivity contribution is 0.00963. The van der Waals surface area contributed by atoms with Crippen LogP contribution in [0.2, 0.25) is 0 Å². The molecule has 346 valence electrons. The molecule has 0 aliphatic rings. The monoisotopic (exact) mass is 911 g/mol. The molecule has 0 saturated heterocycles. The molecule has 12 nitrogen and oxygen atoms in total. The Morgan fingerprint density at radius 1 is 0.530 bits per heavy atom. The minimum atomic E-state index is -1.24. The quantitative estimate of drug-likeness (QED) is 0.0277. The summed E-state index contributed by atoms with van der Waals surface area (Å²) in [6.07, 6.45) is 7.00. The van der Waals surface area contributed by atoms with E-state index in [1.165, 1.54) is 0 Å². The van der Waals surface area contributed by atoms with Crippen LogP contribution in [0.15, 0.2) is 134 Å². The molecular weight excluding hydrogens is 850 g/mol. The Labute approximate surface area is 391 Å². The van der Waals surface area contributed by atoms with Crippen LogP contribution in [-0.4, -0.2) is 79.0 Å². The average Bonchev–Trinajstić information content (AvgIpc) is 3.35. The van der Waals surface area contributed by atoms with Crippen molar-refractivity contribution < 1.29 is 32.7 Å². The van der Waals surface area contributed by atoms with E-state index in [2.05, 4.69) is 84.8 Å². The van der Waals surface area contributed by atoms with Gasteiger partial charge in [0, 0.05) is 18.7 Å². The first-order valence-electron chi connectivity index (χ1n) is 22.6. The lowest BCUT2D eigenvalue weighted by Crippen LogP contribution is -2.33. The van der Waals surface area contributed by atoms with E-state index < -0.39 is 14.1 Å². The van der Waals surface area contributed by atoms with E-state index >= 15 is 0 Å². The maximum Gasteiger partial charge on any atom is 0.259 e. The molecule has 66 heavy (non-hydrogen) atoms. The summed E-state index contributed by atoms with van der Waals surface area (Å²) in [4.78, 5) is 14.2. The number of pyridine rings is 3. The predicted octanol–water partition coefficient (Wildman–Crippen LogP) is 11.8. The second-order valence-electron chi connectivity index (χ2n) is 16.0. The molecule has 6 rings (SSSR count). The second-order valence-corrected chi connectivity index (χ2v) is 17.5. The molecule has 3 heterocycles. The number of hydrogen-bond acceptors (Lipinski definition) is 12. The minimum Gasteiger partial charge on any atom is -0.497 e. The van der Waals surface area contributed by atoms with Gasteiger partial charge < -0.3 is 32.7 Å². The van der Waals surface area contributed by atoms with E-state index in [9.17, 15) is 0 Å². The lowest BCUT2D eigenvalue weighted by Gasteiger charge is -2.36. The van der Waals surface area contributed by atoms with Crippen molar-refractivity contribution in [1.29, 1.82) is 5.26 Å². The van der Waals surface area contributed by atoms with Gasteiger partial charge in [-0.3, -0.25) is 9.97 Å². The Morgan fingerprint density at radius 2 is 1.00 bits per heavy atom. The van der Waals surface area contributed by atoms with E-state index in [-0.39, 0.29) is 12.1 Å². The van der Waals surface area contributed by atoms with Crippen molar-refractivity contribution >= 4 is 8.53 Å². The number of rotatable bonds is 27. The van der Waals surface area contributed by atoms with Gasteiger partial charge >= 0.3 is 0 Å². The first-order chi connectivity index (χ1) is 32.2. The molecule has 3 aromatic heterocycles. The molecule has 3 aromatic carbocycles. The number of nitrogens with zero attached hydrogens (tertiary/aromatic N) is 5. The van der Waals surface area contributed by atoms with Crippen molar-refractivity contribution in [2.24, 2.45) is 0 Å². The molecular formula is C53H62N5O7P. The zero-order chi connectivity index (χ0) is 46.6. The molecule has 0 fully saturated rings. The van der Waals surface area contributed by atoms with E-state index in [0.717, 1.165) is 76.6 Å². The fraction of sp³-hybridized carbons (Fsp3) is 0.358. The third-order valence-electron chi connectivity index (χ3n) is 10.7. The molecule has 13 heteroatoms. The number of nitriles is 1. The highest BCUT2D eigenvalue weighted by Gasteiger charge is 2.37. The highest BCUT2D eigenvalue weighted by atomic mass is 31.2. The number of benzene rings is 3. The van der Waals surface area contributed by atoms with Crippen LogP contribution in [0.4, 0.5) is 0 Å². The van der Waals surface area contributed by atoms with Gasteiger partial charge in [0.25, 0.3) is 8.53 Å². The minimum absolute atomic E-state index is 0.266. The fourth-order valence-electron chi connectivity index (χ4n) is 7.50. The van der Waals surface area contributed by atoms with Crippen LogP contribution >= 0.6 is 8.53 Å². The van der Waals surface area contributed by atoms with E-state index in [1.807, 2.05) is 84.9 Å². The summed E-state index contributed by atoms with van der Waals surface area (Å²) in [5.74, 6) is 2.94. The maximum absolute atomic E-state index is 8.95. The van der Waals surface area contributed by atoms with E-state index in [0.29, 0.717) is 51.0 Å². The summed E-state index contributed by atoms with van der Waals surface area (Å²) in [6, 6.07) is 42.6. The van der Waals surface area contributed by atoms with Gasteiger partial charge in [-0.2, -0.15) is 5.26 Å². The van der Waals surface area contributed by atoms with Gasteiger partial charge in [0.1, 0.15) is 28.6 Å². The third kappa shape index (κ3) is 13.6. The number of aromatic nitrogens is 3. The summed E-state index contributed by atoms with van der Waals surface area (Å²) < 4.78 is 44.5. The number of unbranched alkanes of at least 4 members (excludes halogenated alkanes) is 2. The van der Waals surface area contributed by atoms with Crippen LogP contribution in [0, 0.1) is 11.3 Å². The van der Waals surface area contributed by atoms with Crippen LogP contribution in [-0.2, 0) is 19.4 Å². The standard InChI is InChI=1S/C53H62N5O7P/c1-40(2)58(41(3)4)66(65-37-15-32-54)64-36-13-11-34-62-48-29-31-50(56-39-48)52-19-14-18-51(57-52)49-30-28-47(38-55-49)61-33-10-12-35-63-53(42-16-8-7-9-17-42,43-20-24-45(59-5)25-21-43)44-22-26-46(60-6)27-23-44/h7-9,14,16-31,38-41H,10-13,15,33-37H2,1-6H3. The van der Waals surface area contributed by atoms with Gasteiger partial charge in [0.2, 0.25) is 0 Å². The zero-order valence-corrected chi connectivity index (χ0v) is 39.9. The Bertz CT molecular complexity index is 2310. The Kier molecular flexibility index (Phi) is 19.3. The second kappa shape index (κ2) is 25.7. The first-order valence-corrected chi connectivity index (χ1v) is 23.7. The molecule has 6 aromatic rings. The predicted molar refractivity (Wildman–Crippen MR) is 260 cm³/mol. The summed E-state index contributed by atoms with van der Waals surface area (Å²) >= 11 is 0. The molecule has 0 spiro atoms. The first kappa shape index (κ1) is 49.5. The smallest absolute Gasteiger partial charge is 0.259 e. The molecule has 0 aliphatic carbocycles. The number of methoxy groups -OCH3 is 2. The van der Waals surface area contributed by atoms with E-state index in [1.54, 1.807) is 26.6 Å². The SMILES string of the molecule is COc1ccc(C(OCCCCOc2ccc(-c3cccc(-c4ccc(OCCCCOP(OCCC#N)N(C(C)C)C(C)C)cn4)n3)nc2)(c2ccccc2)c2ccc(OC)cc2)cc1. The van der Waals surface area contributed by atoms with Crippen LogP contribution in [0.5, 0.6) is 23.0 Å². The molecule has 0 radical (unpaired) electrons. The van der Waals surface area contributed by atoms with Crippen LogP contribution in [0.25, 0.3) is 22.8 Å². The zero-order valence-electron chi connectivity index (χ0n) is 39.0. The van der Waals surface area contributed by atoms with Crippen molar-refractivity contribution in [1.82, 2.24) is 19.6 Å². The Morgan fingerprint density at radius 3 is 1.47 bits per heavy atom. The van der Waals surface area contributed by atoms with Gasteiger partial charge in [0.15, 0.2) is 0 Å². The molecule has 1 atom stereocenters. The molecule has 0 N–H and O–H groups in total.